The Kier molecular flexibility index (Phi) is 3.79. The van der Waals surface area contributed by atoms with Crippen molar-refractivity contribution in [3.63, 3.8) is 0 Å². The number of ether oxygens (including phenoxy) is 1. The minimum atomic E-state index is -0.750. The van der Waals surface area contributed by atoms with Crippen molar-refractivity contribution in [1.29, 1.82) is 0 Å². The molecule has 5 heteroatoms. The van der Waals surface area contributed by atoms with Crippen LogP contribution in [0.25, 0.3) is 0 Å². The summed E-state index contributed by atoms with van der Waals surface area (Å²) in [5.74, 6) is -1.01. The molecule has 0 aromatic heterocycles. The van der Waals surface area contributed by atoms with Crippen LogP contribution in [0.15, 0.2) is 48.5 Å². The first-order valence-electron chi connectivity index (χ1n) is 5.15. The van der Waals surface area contributed by atoms with Gasteiger partial charge in [0.2, 0.25) is 0 Å². The number of benzene rings is 2. The van der Waals surface area contributed by atoms with Crippen LogP contribution in [-0.2, 0) is 0 Å². The highest BCUT2D eigenvalue weighted by molar-refractivity contribution is 6.24. The van der Waals surface area contributed by atoms with Crippen LogP contribution < -0.4 is 9.57 Å². The zero-order valence-electron chi connectivity index (χ0n) is 9.19. The van der Waals surface area contributed by atoms with Gasteiger partial charge >= 0.3 is 0 Å². The van der Waals surface area contributed by atoms with Crippen LogP contribution in [-0.4, -0.2) is 5.91 Å². The Balaban J connectivity index is 2.32. The fourth-order valence-electron chi connectivity index (χ4n) is 1.43. The lowest BCUT2D eigenvalue weighted by Crippen LogP contribution is -2.14. The third-order valence-electron chi connectivity index (χ3n) is 2.26. The molecule has 0 saturated heterocycles. The molecule has 0 fully saturated rings. The lowest BCUT2D eigenvalue weighted by Gasteiger charge is -2.08. The van der Waals surface area contributed by atoms with Crippen LogP contribution in [0.2, 0.25) is 0 Å². The van der Waals surface area contributed by atoms with Gasteiger partial charge in [-0.25, -0.2) is 4.39 Å². The van der Waals surface area contributed by atoms with E-state index in [1.54, 1.807) is 24.3 Å². The van der Waals surface area contributed by atoms with E-state index in [1.807, 2.05) is 10.9 Å². The van der Waals surface area contributed by atoms with E-state index in [2.05, 4.69) is 0 Å². The minimum Gasteiger partial charge on any atom is -0.454 e. The molecule has 2 aromatic rings. The Bertz CT molecular complexity index is 560. The van der Waals surface area contributed by atoms with Gasteiger partial charge in [-0.15, -0.1) is 0 Å². The summed E-state index contributed by atoms with van der Waals surface area (Å²) in [7, 11) is 0. The first-order valence-corrected chi connectivity index (χ1v) is 5.52. The van der Waals surface area contributed by atoms with Crippen molar-refractivity contribution in [2.75, 3.05) is 0 Å². The van der Waals surface area contributed by atoms with Crippen LogP contribution in [0, 0.1) is 5.82 Å². The molecule has 2 aromatic carbocycles. The highest BCUT2D eigenvalue weighted by atomic mass is 35.5. The molecule has 0 bridgehead atoms. The number of halogens is 2. The van der Waals surface area contributed by atoms with E-state index in [0.29, 0.717) is 5.75 Å². The standard InChI is InChI=1S/C13H9ClFNO2/c14-16-13(17)10-7-4-8-11(12(10)15)18-9-5-2-1-3-6-9/h1-8H,(H,16,17). The highest BCUT2D eigenvalue weighted by Gasteiger charge is 2.15. The number of hydrogen-bond donors (Lipinski definition) is 1. The van der Waals surface area contributed by atoms with Gasteiger partial charge in [0, 0.05) is 11.8 Å². The maximum atomic E-state index is 14.0. The van der Waals surface area contributed by atoms with Crippen molar-refractivity contribution in [3.05, 3.63) is 59.9 Å². The largest absolute Gasteiger partial charge is 0.454 e. The molecule has 0 radical (unpaired) electrons. The second-order valence-corrected chi connectivity index (χ2v) is 3.65. The fraction of sp³-hybridized carbons (Fsp3) is 0. The monoisotopic (exact) mass is 265 g/mol. The normalized spacial score (nSPS) is 9.89. The summed E-state index contributed by atoms with van der Waals surface area (Å²) in [6.45, 7) is 0. The van der Waals surface area contributed by atoms with Crippen molar-refractivity contribution in [2.45, 2.75) is 0 Å². The van der Waals surface area contributed by atoms with Gasteiger partial charge in [-0.05, 0) is 24.3 Å². The number of amides is 1. The van der Waals surface area contributed by atoms with E-state index in [1.165, 1.54) is 18.2 Å². The topological polar surface area (TPSA) is 38.3 Å². The Morgan fingerprint density at radius 1 is 1.11 bits per heavy atom. The first kappa shape index (κ1) is 12.4. The van der Waals surface area contributed by atoms with Crippen LogP contribution in [0.3, 0.4) is 0 Å². The second kappa shape index (κ2) is 5.51. The Labute approximate surface area is 108 Å². The van der Waals surface area contributed by atoms with E-state index in [4.69, 9.17) is 16.5 Å². The Morgan fingerprint density at radius 3 is 2.50 bits per heavy atom. The summed E-state index contributed by atoms with van der Waals surface area (Å²) >= 11 is 5.16. The van der Waals surface area contributed by atoms with Gasteiger partial charge < -0.3 is 4.74 Å². The molecule has 0 aliphatic carbocycles. The Morgan fingerprint density at radius 2 is 1.83 bits per heavy atom. The van der Waals surface area contributed by atoms with Crippen LogP contribution >= 0.6 is 11.8 Å². The molecule has 0 aliphatic rings. The third-order valence-corrected chi connectivity index (χ3v) is 2.44. The smallest absolute Gasteiger partial charge is 0.268 e. The molecule has 0 heterocycles. The van der Waals surface area contributed by atoms with Crippen molar-refractivity contribution in [3.8, 4) is 11.5 Å². The molecule has 0 aliphatic heterocycles. The van der Waals surface area contributed by atoms with Crippen molar-refractivity contribution < 1.29 is 13.9 Å². The van der Waals surface area contributed by atoms with Gasteiger partial charge in [-0.1, -0.05) is 24.3 Å². The van der Waals surface area contributed by atoms with Gasteiger partial charge in [-0.3, -0.25) is 9.63 Å². The molecule has 0 atom stereocenters. The molecule has 92 valence electrons. The number of para-hydroxylation sites is 1. The molecule has 0 spiro atoms. The van der Waals surface area contributed by atoms with Crippen LogP contribution in [0.4, 0.5) is 4.39 Å². The van der Waals surface area contributed by atoms with Crippen LogP contribution in [0.5, 0.6) is 11.5 Å². The van der Waals surface area contributed by atoms with Crippen molar-refractivity contribution >= 4 is 17.7 Å². The number of hydrogen-bond acceptors (Lipinski definition) is 2. The lowest BCUT2D eigenvalue weighted by molar-refractivity contribution is 0.0977. The van der Waals surface area contributed by atoms with Gasteiger partial charge in [0.1, 0.15) is 5.75 Å². The number of nitrogens with one attached hydrogen (secondary N) is 1. The molecule has 1 N–H and O–H groups in total. The molecular weight excluding hydrogens is 257 g/mol. The zero-order chi connectivity index (χ0) is 13.0. The number of carbonyl (C=O) groups excluding carboxylic acids is 1. The molecule has 3 nitrogen and oxygen atoms in total. The summed E-state index contributed by atoms with van der Waals surface area (Å²) in [4.78, 5) is 13.2. The summed E-state index contributed by atoms with van der Waals surface area (Å²) in [6.07, 6.45) is 0. The maximum Gasteiger partial charge on any atom is 0.268 e. The van der Waals surface area contributed by atoms with Gasteiger partial charge in [0.15, 0.2) is 11.6 Å². The molecule has 1 amide bonds. The third kappa shape index (κ3) is 2.60. The van der Waals surface area contributed by atoms with E-state index < -0.39 is 11.7 Å². The average molecular weight is 266 g/mol. The molecule has 18 heavy (non-hydrogen) atoms. The second-order valence-electron chi connectivity index (χ2n) is 3.46. The van der Waals surface area contributed by atoms with Crippen LogP contribution in [0.1, 0.15) is 10.4 Å². The van der Waals surface area contributed by atoms with E-state index in [-0.39, 0.29) is 11.3 Å². The van der Waals surface area contributed by atoms with E-state index in [0.717, 1.165) is 0 Å². The summed E-state index contributed by atoms with van der Waals surface area (Å²) in [5, 5.41) is 0. The maximum absolute atomic E-state index is 14.0. The highest BCUT2D eigenvalue weighted by Crippen LogP contribution is 2.26. The molecule has 0 unspecified atom stereocenters. The quantitative estimate of drug-likeness (QED) is 0.863. The van der Waals surface area contributed by atoms with Gasteiger partial charge in [-0.2, -0.15) is 0 Å². The van der Waals surface area contributed by atoms with E-state index >= 15 is 0 Å². The fourth-order valence-corrected chi connectivity index (χ4v) is 1.53. The van der Waals surface area contributed by atoms with E-state index in [9.17, 15) is 9.18 Å². The van der Waals surface area contributed by atoms with Crippen molar-refractivity contribution in [1.82, 2.24) is 4.84 Å². The molecule has 2 rings (SSSR count). The first-order chi connectivity index (χ1) is 8.72. The summed E-state index contributed by atoms with van der Waals surface area (Å²) < 4.78 is 19.3. The average Bonchev–Trinajstić information content (AvgIpc) is 2.41. The predicted molar refractivity (Wildman–Crippen MR) is 66.2 cm³/mol. The minimum absolute atomic E-state index is 0.0287. The molecular formula is C13H9ClFNO2. The molecule has 0 saturated carbocycles. The summed E-state index contributed by atoms with van der Waals surface area (Å²) in [5.41, 5.74) is -0.168. The number of carbonyl (C=O) groups is 1. The van der Waals surface area contributed by atoms with Crippen molar-refractivity contribution in [2.24, 2.45) is 0 Å². The Hall–Kier alpha value is -2.07. The SMILES string of the molecule is O=C(NCl)c1cccc(Oc2ccccc2)c1F. The predicted octanol–water partition coefficient (Wildman–Crippen LogP) is 3.50. The lowest BCUT2D eigenvalue weighted by atomic mass is 10.2. The number of rotatable bonds is 3. The zero-order valence-corrected chi connectivity index (χ0v) is 9.95. The van der Waals surface area contributed by atoms with Gasteiger partial charge in [0.25, 0.3) is 5.91 Å². The summed E-state index contributed by atoms with van der Waals surface area (Å²) in [6, 6.07) is 13.0. The van der Waals surface area contributed by atoms with Gasteiger partial charge in [0.05, 0.1) is 5.56 Å².